The summed E-state index contributed by atoms with van der Waals surface area (Å²) in [6, 6.07) is 5.47. The Morgan fingerprint density at radius 2 is 2.19 bits per heavy atom. The van der Waals surface area contributed by atoms with Gasteiger partial charge < -0.3 is 0 Å². The maximum atomic E-state index is 11.9. The van der Waals surface area contributed by atoms with Gasteiger partial charge in [-0.25, -0.2) is 0 Å². The molecule has 0 aliphatic rings. The van der Waals surface area contributed by atoms with Crippen LogP contribution in [0.2, 0.25) is 5.02 Å². The molecule has 0 fully saturated rings. The van der Waals surface area contributed by atoms with Crippen molar-refractivity contribution in [3.63, 3.8) is 0 Å². The molecule has 0 amide bonds. The first kappa shape index (κ1) is 13.9. The van der Waals surface area contributed by atoms with Crippen molar-refractivity contribution in [2.75, 3.05) is 11.6 Å². The number of rotatable bonds is 6. The molecular formula is C12H14Cl2OS. The Balaban J connectivity index is 2.90. The van der Waals surface area contributed by atoms with Crippen LogP contribution in [0.3, 0.4) is 0 Å². The van der Waals surface area contributed by atoms with Crippen LogP contribution in [-0.2, 0) is 0 Å². The quantitative estimate of drug-likeness (QED) is 0.427. The predicted octanol–water partition coefficient (Wildman–Crippen LogP) is 4.65. The monoisotopic (exact) mass is 276 g/mol. The van der Waals surface area contributed by atoms with Gasteiger partial charge in [-0.1, -0.05) is 18.5 Å². The van der Waals surface area contributed by atoms with E-state index in [-0.39, 0.29) is 5.78 Å². The minimum Gasteiger partial charge on any atom is -0.294 e. The van der Waals surface area contributed by atoms with Gasteiger partial charge in [0.2, 0.25) is 0 Å². The fourth-order valence-electron chi connectivity index (χ4n) is 1.36. The highest BCUT2D eigenvalue weighted by atomic mass is 35.5. The number of benzene rings is 1. The van der Waals surface area contributed by atoms with Crippen molar-refractivity contribution in [2.24, 2.45) is 0 Å². The van der Waals surface area contributed by atoms with Crippen LogP contribution in [0.5, 0.6) is 0 Å². The van der Waals surface area contributed by atoms with Crippen LogP contribution in [0.15, 0.2) is 23.1 Å². The van der Waals surface area contributed by atoms with E-state index in [0.29, 0.717) is 23.7 Å². The van der Waals surface area contributed by atoms with Gasteiger partial charge in [0.25, 0.3) is 0 Å². The lowest BCUT2D eigenvalue weighted by molar-refractivity contribution is 0.0979. The number of halogens is 2. The van der Waals surface area contributed by atoms with Gasteiger partial charge in [0, 0.05) is 27.8 Å². The molecule has 0 spiro atoms. The summed E-state index contributed by atoms with van der Waals surface area (Å²) in [5.41, 5.74) is 0.726. The lowest BCUT2D eigenvalue weighted by Crippen LogP contribution is -2.01. The highest BCUT2D eigenvalue weighted by molar-refractivity contribution is 7.99. The van der Waals surface area contributed by atoms with Crippen molar-refractivity contribution in [2.45, 2.75) is 24.7 Å². The average Bonchev–Trinajstić information content (AvgIpc) is 2.28. The van der Waals surface area contributed by atoms with Crippen LogP contribution >= 0.6 is 35.0 Å². The van der Waals surface area contributed by atoms with E-state index in [2.05, 4.69) is 6.92 Å². The summed E-state index contributed by atoms with van der Waals surface area (Å²) in [6.07, 6.45) is 1.20. The van der Waals surface area contributed by atoms with E-state index in [9.17, 15) is 4.79 Å². The van der Waals surface area contributed by atoms with Gasteiger partial charge in [-0.2, -0.15) is 0 Å². The molecule has 16 heavy (non-hydrogen) atoms. The van der Waals surface area contributed by atoms with Crippen molar-refractivity contribution in [1.82, 2.24) is 0 Å². The van der Waals surface area contributed by atoms with Crippen LogP contribution in [0.4, 0.5) is 0 Å². The van der Waals surface area contributed by atoms with Gasteiger partial charge in [-0.3, -0.25) is 4.79 Å². The summed E-state index contributed by atoms with van der Waals surface area (Å²) >= 11 is 13.1. The summed E-state index contributed by atoms with van der Waals surface area (Å²) in [4.78, 5) is 12.9. The zero-order chi connectivity index (χ0) is 12.0. The molecule has 0 aromatic heterocycles. The van der Waals surface area contributed by atoms with Gasteiger partial charge >= 0.3 is 0 Å². The van der Waals surface area contributed by atoms with E-state index < -0.39 is 0 Å². The molecule has 4 heteroatoms. The summed E-state index contributed by atoms with van der Waals surface area (Å²) in [7, 11) is 0. The zero-order valence-corrected chi connectivity index (χ0v) is 11.5. The smallest absolute Gasteiger partial charge is 0.164 e. The predicted molar refractivity (Wildman–Crippen MR) is 72.1 cm³/mol. The summed E-state index contributed by atoms with van der Waals surface area (Å²) in [5.74, 6) is 1.58. The lowest BCUT2D eigenvalue weighted by atomic mass is 10.1. The number of carbonyl (C=O) groups excluding carboxylic acids is 1. The van der Waals surface area contributed by atoms with Gasteiger partial charge in [0.15, 0.2) is 5.78 Å². The molecule has 88 valence electrons. The highest BCUT2D eigenvalue weighted by Gasteiger charge is 2.11. The van der Waals surface area contributed by atoms with Crippen LogP contribution < -0.4 is 0 Å². The molecule has 0 atom stereocenters. The normalized spacial score (nSPS) is 10.4. The van der Waals surface area contributed by atoms with Crippen molar-refractivity contribution in [1.29, 1.82) is 0 Å². The van der Waals surface area contributed by atoms with Crippen molar-refractivity contribution in [3.05, 3.63) is 28.8 Å². The summed E-state index contributed by atoms with van der Waals surface area (Å²) in [6.45, 7) is 2.06. The Hall–Kier alpha value is -0.180. The Labute approximate surface area is 111 Å². The highest BCUT2D eigenvalue weighted by Crippen LogP contribution is 2.26. The Morgan fingerprint density at radius 1 is 1.44 bits per heavy atom. The van der Waals surface area contributed by atoms with Crippen molar-refractivity contribution >= 4 is 40.7 Å². The van der Waals surface area contributed by atoms with E-state index >= 15 is 0 Å². The minimum atomic E-state index is 0.124. The molecule has 1 nitrogen and oxygen atoms in total. The number of hydrogen-bond acceptors (Lipinski definition) is 2. The standard InChI is InChI=1S/C12H14Cl2OS/c1-2-16-12-6-5-9(14)8-10(12)11(15)4-3-7-13/h5-6,8H,2-4,7H2,1H3. The third kappa shape index (κ3) is 4.00. The molecule has 0 unspecified atom stereocenters. The number of hydrogen-bond donors (Lipinski definition) is 0. The first-order chi connectivity index (χ1) is 7.69. The molecule has 0 radical (unpaired) electrons. The van der Waals surface area contributed by atoms with Crippen LogP contribution in [-0.4, -0.2) is 17.4 Å². The Kier molecular flexibility index (Phi) is 6.25. The number of Topliss-reactive ketones (excluding diaryl/α,β-unsaturated/α-hetero) is 1. The molecule has 1 aromatic carbocycles. The largest absolute Gasteiger partial charge is 0.294 e. The van der Waals surface area contributed by atoms with Gasteiger partial charge in [0.1, 0.15) is 0 Å². The van der Waals surface area contributed by atoms with Crippen LogP contribution in [0, 0.1) is 0 Å². The summed E-state index contributed by atoms with van der Waals surface area (Å²) < 4.78 is 0. The Bertz CT molecular complexity index is 366. The van der Waals surface area contributed by atoms with Gasteiger partial charge in [-0.15, -0.1) is 23.4 Å². The van der Waals surface area contributed by atoms with E-state index in [4.69, 9.17) is 23.2 Å². The van der Waals surface area contributed by atoms with E-state index in [0.717, 1.165) is 16.2 Å². The molecule has 0 saturated carbocycles. The molecule has 1 aromatic rings. The Morgan fingerprint density at radius 3 is 2.81 bits per heavy atom. The van der Waals surface area contributed by atoms with Gasteiger partial charge in [-0.05, 0) is 30.4 Å². The topological polar surface area (TPSA) is 17.1 Å². The maximum Gasteiger partial charge on any atom is 0.164 e. The molecule has 0 heterocycles. The number of thioether (sulfide) groups is 1. The summed E-state index contributed by atoms with van der Waals surface area (Å²) in [5, 5.41) is 0.606. The van der Waals surface area contributed by atoms with E-state index in [1.807, 2.05) is 12.1 Å². The molecular weight excluding hydrogens is 263 g/mol. The fourth-order valence-corrected chi connectivity index (χ4v) is 2.47. The SMILES string of the molecule is CCSc1ccc(Cl)cc1C(=O)CCCCl. The zero-order valence-electron chi connectivity index (χ0n) is 9.13. The van der Waals surface area contributed by atoms with Crippen LogP contribution in [0.1, 0.15) is 30.1 Å². The fraction of sp³-hybridized carbons (Fsp3) is 0.417. The molecule has 0 saturated heterocycles. The van der Waals surface area contributed by atoms with Crippen molar-refractivity contribution in [3.8, 4) is 0 Å². The maximum absolute atomic E-state index is 11.9. The number of alkyl halides is 1. The minimum absolute atomic E-state index is 0.124. The lowest BCUT2D eigenvalue weighted by Gasteiger charge is -2.07. The molecule has 0 aliphatic heterocycles. The second-order valence-electron chi connectivity index (χ2n) is 3.29. The number of carbonyl (C=O) groups is 1. The van der Waals surface area contributed by atoms with Gasteiger partial charge in [0.05, 0.1) is 0 Å². The van der Waals surface area contributed by atoms with Crippen LogP contribution in [0.25, 0.3) is 0 Å². The van der Waals surface area contributed by atoms with Crippen molar-refractivity contribution < 1.29 is 4.79 Å². The molecule has 0 N–H and O–H groups in total. The molecule has 0 bridgehead atoms. The van der Waals surface area contributed by atoms with E-state index in [1.54, 1.807) is 17.8 Å². The first-order valence-corrected chi connectivity index (χ1v) is 7.10. The third-order valence-electron chi connectivity index (χ3n) is 2.08. The second kappa shape index (κ2) is 7.21. The number of ketones is 1. The molecule has 1 rings (SSSR count). The average molecular weight is 277 g/mol. The first-order valence-electron chi connectivity index (χ1n) is 5.20. The second-order valence-corrected chi connectivity index (χ2v) is 5.41. The third-order valence-corrected chi connectivity index (χ3v) is 3.54. The van der Waals surface area contributed by atoms with E-state index in [1.165, 1.54) is 0 Å². The molecule has 0 aliphatic carbocycles.